The Balaban J connectivity index is 2.10. The smallest absolute Gasteiger partial charge is 0.258 e. The van der Waals surface area contributed by atoms with Crippen LogP contribution in [0.15, 0.2) is 48.5 Å². The second-order valence-electron chi connectivity index (χ2n) is 5.68. The third-order valence-electron chi connectivity index (χ3n) is 4.08. The quantitative estimate of drug-likeness (QED) is 0.792. The molecule has 108 valence electrons. The van der Waals surface area contributed by atoms with Gasteiger partial charge in [0.2, 0.25) is 0 Å². The summed E-state index contributed by atoms with van der Waals surface area (Å²) in [5.41, 5.74) is 1.73. The monoisotopic (exact) mass is 393 g/mol. The minimum absolute atomic E-state index is 0.114. The molecule has 0 saturated carbocycles. The molecule has 0 spiro atoms. The van der Waals surface area contributed by atoms with Crippen molar-refractivity contribution >= 4 is 28.5 Å². The third kappa shape index (κ3) is 2.17. The largest absolute Gasteiger partial charge is 0.369 e. The number of carbonyl (C=O) groups is 1. The maximum atomic E-state index is 12.8. The molecule has 1 aliphatic rings. The lowest BCUT2D eigenvalue weighted by Gasteiger charge is -2.38. The first-order chi connectivity index (χ1) is 9.94. The maximum Gasteiger partial charge on any atom is 0.258 e. The first-order valence-corrected chi connectivity index (χ1v) is 7.88. The SMILES string of the molecule is CC(C)(c1ccccc1)N1C(=O)c2c(I)cccc2C1O. The van der Waals surface area contributed by atoms with Crippen LogP contribution in [0.4, 0.5) is 0 Å². The molecule has 1 amide bonds. The molecule has 3 rings (SSSR count). The average molecular weight is 393 g/mol. The summed E-state index contributed by atoms with van der Waals surface area (Å²) in [4.78, 5) is 14.4. The number of aliphatic hydroxyl groups excluding tert-OH is 1. The van der Waals surface area contributed by atoms with Gasteiger partial charge in [-0.05, 0) is 48.1 Å². The molecule has 1 aliphatic heterocycles. The van der Waals surface area contributed by atoms with Gasteiger partial charge in [-0.25, -0.2) is 0 Å². The van der Waals surface area contributed by atoms with E-state index < -0.39 is 11.8 Å². The van der Waals surface area contributed by atoms with Crippen LogP contribution in [0, 0.1) is 3.57 Å². The fourth-order valence-electron chi connectivity index (χ4n) is 2.90. The maximum absolute atomic E-state index is 12.8. The fraction of sp³-hybridized carbons (Fsp3) is 0.235. The van der Waals surface area contributed by atoms with Crippen LogP contribution in [0.2, 0.25) is 0 Å². The minimum Gasteiger partial charge on any atom is -0.369 e. The molecule has 0 aliphatic carbocycles. The summed E-state index contributed by atoms with van der Waals surface area (Å²) in [5.74, 6) is -0.114. The van der Waals surface area contributed by atoms with Gasteiger partial charge in [-0.1, -0.05) is 42.5 Å². The summed E-state index contributed by atoms with van der Waals surface area (Å²) >= 11 is 2.15. The van der Waals surface area contributed by atoms with Gasteiger partial charge in [0.05, 0.1) is 11.1 Å². The number of hydrogen-bond acceptors (Lipinski definition) is 2. The Bertz CT molecular complexity index is 697. The highest BCUT2D eigenvalue weighted by atomic mass is 127. The molecular weight excluding hydrogens is 377 g/mol. The van der Waals surface area contributed by atoms with E-state index in [9.17, 15) is 9.90 Å². The van der Waals surface area contributed by atoms with Gasteiger partial charge in [-0.3, -0.25) is 9.69 Å². The molecule has 0 saturated heterocycles. The van der Waals surface area contributed by atoms with Gasteiger partial charge in [0.15, 0.2) is 6.23 Å². The molecule has 2 aromatic rings. The van der Waals surface area contributed by atoms with E-state index in [1.54, 1.807) is 4.90 Å². The summed E-state index contributed by atoms with van der Waals surface area (Å²) in [7, 11) is 0. The van der Waals surface area contributed by atoms with Crippen molar-refractivity contribution in [1.82, 2.24) is 4.90 Å². The van der Waals surface area contributed by atoms with E-state index >= 15 is 0 Å². The summed E-state index contributed by atoms with van der Waals surface area (Å²) in [6.07, 6.45) is -0.905. The van der Waals surface area contributed by atoms with Crippen LogP contribution in [-0.4, -0.2) is 15.9 Å². The predicted molar refractivity (Wildman–Crippen MR) is 89.8 cm³/mol. The Morgan fingerprint density at radius 1 is 1.10 bits per heavy atom. The predicted octanol–water partition coefficient (Wildman–Crippen LogP) is 3.67. The highest BCUT2D eigenvalue weighted by Crippen LogP contribution is 2.42. The van der Waals surface area contributed by atoms with Crippen molar-refractivity contribution < 1.29 is 9.90 Å². The Morgan fingerprint density at radius 2 is 1.76 bits per heavy atom. The number of aliphatic hydroxyl groups is 1. The van der Waals surface area contributed by atoms with Crippen molar-refractivity contribution in [3.8, 4) is 0 Å². The van der Waals surface area contributed by atoms with Crippen LogP contribution >= 0.6 is 22.6 Å². The molecule has 0 bridgehead atoms. The number of carbonyl (C=O) groups excluding carboxylic acids is 1. The number of rotatable bonds is 2. The van der Waals surface area contributed by atoms with Crippen LogP contribution in [0.5, 0.6) is 0 Å². The second-order valence-corrected chi connectivity index (χ2v) is 6.84. The average Bonchev–Trinajstić information content (AvgIpc) is 2.73. The number of amides is 1. The fourth-order valence-corrected chi connectivity index (χ4v) is 3.65. The molecule has 21 heavy (non-hydrogen) atoms. The standard InChI is InChI=1S/C17H16INO2/c1-17(2,11-7-4-3-5-8-11)19-15(20)12-9-6-10-13(18)14(12)16(19)21/h3-10,15,20H,1-2H3. The van der Waals surface area contributed by atoms with Gasteiger partial charge in [0.1, 0.15) is 0 Å². The van der Waals surface area contributed by atoms with Crippen molar-refractivity contribution in [2.24, 2.45) is 0 Å². The van der Waals surface area contributed by atoms with E-state index in [0.29, 0.717) is 11.1 Å². The molecule has 0 aromatic heterocycles. The molecule has 4 heteroatoms. The van der Waals surface area contributed by atoms with Gasteiger partial charge >= 0.3 is 0 Å². The Labute approximate surface area is 137 Å². The third-order valence-corrected chi connectivity index (χ3v) is 4.98. The normalized spacial score (nSPS) is 18.0. The topological polar surface area (TPSA) is 40.5 Å². The van der Waals surface area contributed by atoms with Crippen LogP contribution in [0.1, 0.15) is 41.6 Å². The lowest BCUT2D eigenvalue weighted by Crippen LogP contribution is -2.44. The summed E-state index contributed by atoms with van der Waals surface area (Å²) < 4.78 is 0.875. The zero-order chi connectivity index (χ0) is 15.2. The molecule has 0 radical (unpaired) electrons. The van der Waals surface area contributed by atoms with E-state index in [0.717, 1.165) is 9.13 Å². The van der Waals surface area contributed by atoms with Crippen LogP contribution < -0.4 is 0 Å². The van der Waals surface area contributed by atoms with E-state index in [1.165, 1.54) is 0 Å². The van der Waals surface area contributed by atoms with Gasteiger partial charge < -0.3 is 5.11 Å². The number of benzene rings is 2. The molecule has 2 aromatic carbocycles. The highest BCUT2D eigenvalue weighted by Gasteiger charge is 2.45. The minimum atomic E-state index is -0.905. The molecule has 1 unspecified atom stereocenters. The molecule has 3 nitrogen and oxygen atoms in total. The Kier molecular flexibility index (Phi) is 3.53. The number of fused-ring (bicyclic) bond motifs is 1. The van der Waals surface area contributed by atoms with E-state index in [4.69, 9.17) is 0 Å². The second kappa shape index (κ2) is 5.10. The van der Waals surface area contributed by atoms with E-state index in [2.05, 4.69) is 22.6 Å². The van der Waals surface area contributed by atoms with Crippen LogP contribution in [0.3, 0.4) is 0 Å². The summed E-state index contributed by atoms with van der Waals surface area (Å²) in [5, 5.41) is 10.6. The van der Waals surface area contributed by atoms with Crippen molar-refractivity contribution in [2.45, 2.75) is 25.6 Å². The van der Waals surface area contributed by atoms with Gasteiger partial charge in [-0.15, -0.1) is 0 Å². The lowest BCUT2D eigenvalue weighted by molar-refractivity contribution is -0.0305. The number of hydrogen-bond donors (Lipinski definition) is 1. The Hall–Kier alpha value is -1.40. The van der Waals surface area contributed by atoms with Gasteiger partial charge in [-0.2, -0.15) is 0 Å². The van der Waals surface area contributed by atoms with Crippen LogP contribution in [0.25, 0.3) is 0 Å². The van der Waals surface area contributed by atoms with Crippen molar-refractivity contribution in [3.63, 3.8) is 0 Å². The molecular formula is C17H16INO2. The highest BCUT2D eigenvalue weighted by molar-refractivity contribution is 14.1. The van der Waals surface area contributed by atoms with E-state index in [1.807, 2.05) is 62.4 Å². The first-order valence-electron chi connectivity index (χ1n) is 6.80. The Morgan fingerprint density at radius 3 is 2.38 bits per heavy atom. The molecule has 1 heterocycles. The molecule has 1 atom stereocenters. The van der Waals surface area contributed by atoms with Crippen molar-refractivity contribution in [3.05, 3.63) is 68.8 Å². The van der Waals surface area contributed by atoms with Crippen molar-refractivity contribution in [2.75, 3.05) is 0 Å². The van der Waals surface area contributed by atoms with Crippen molar-refractivity contribution in [1.29, 1.82) is 0 Å². The molecule has 1 N–H and O–H groups in total. The lowest BCUT2D eigenvalue weighted by atomic mass is 9.92. The summed E-state index contributed by atoms with van der Waals surface area (Å²) in [6.45, 7) is 3.92. The summed E-state index contributed by atoms with van der Waals surface area (Å²) in [6, 6.07) is 15.4. The zero-order valence-corrected chi connectivity index (χ0v) is 14.0. The van der Waals surface area contributed by atoms with Gasteiger partial charge in [0, 0.05) is 9.13 Å². The van der Waals surface area contributed by atoms with E-state index in [-0.39, 0.29) is 5.91 Å². The zero-order valence-electron chi connectivity index (χ0n) is 11.9. The first kappa shape index (κ1) is 14.5. The number of halogens is 1. The molecule has 0 fully saturated rings. The van der Waals surface area contributed by atoms with Crippen LogP contribution in [-0.2, 0) is 5.54 Å². The number of nitrogens with zero attached hydrogens (tertiary/aromatic N) is 1. The van der Waals surface area contributed by atoms with Gasteiger partial charge in [0.25, 0.3) is 5.91 Å².